The first-order chi connectivity index (χ1) is 14.2. The van der Waals surface area contributed by atoms with Crippen molar-refractivity contribution in [3.63, 3.8) is 0 Å². The minimum Gasteiger partial charge on any atom is -0.276 e. The maximum atomic E-state index is 13.5. The molecule has 29 heavy (non-hydrogen) atoms. The first-order valence-corrected chi connectivity index (χ1v) is 10.8. The summed E-state index contributed by atoms with van der Waals surface area (Å²) >= 11 is 2.91. The maximum Gasteiger partial charge on any atom is 0.289 e. The summed E-state index contributed by atoms with van der Waals surface area (Å²) in [6.45, 7) is 2.39. The summed E-state index contributed by atoms with van der Waals surface area (Å²) in [4.78, 5) is 28.8. The molecule has 5 aromatic rings. The standard InChI is InChI=1S/C22H16N4OS2/c1-14-9-10-17-19(12-14)29-22(25-17)26(13-15-6-4-5-11-23-15)21(27)20-24-16-7-2-3-8-18(16)28-20/h2-12H,13H2,1H3. The molecule has 3 heterocycles. The number of benzene rings is 2. The van der Waals surface area contributed by atoms with Crippen LogP contribution < -0.4 is 4.90 Å². The van der Waals surface area contributed by atoms with Crippen molar-refractivity contribution in [1.82, 2.24) is 15.0 Å². The monoisotopic (exact) mass is 416 g/mol. The van der Waals surface area contributed by atoms with Gasteiger partial charge in [-0.15, -0.1) is 11.3 Å². The van der Waals surface area contributed by atoms with Crippen molar-refractivity contribution in [2.45, 2.75) is 13.5 Å². The number of para-hydroxylation sites is 1. The van der Waals surface area contributed by atoms with E-state index < -0.39 is 0 Å². The second-order valence-electron chi connectivity index (χ2n) is 6.67. The zero-order valence-electron chi connectivity index (χ0n) is 15.6. The van der Waals surface area contributed by atoms with Crippen LogP contribution >= 0.6 is 22.7 Å². The molecule has 0 radical (unpaired) electrons. The van der Waals surface area contributed by atoms with Gasteiger partial charge in [0.25, 0.3) is 5.91 Å². The van der Waals surface area contributed by atoms with Gasteiger partial charge in [0, 0.05) is 6.20 Å². The molecule has 2 aromatic carbocycles. The van der Waals surface area contributed by atoms with Crippen molar-refractivity contribution >= 4 is 54.1 Å². The quantitative estimate of drug-likeness (QED) is 0.390. The predicted molar refractivity (Wildman–Crippen MR) is 119 cm³/mol. The predicted octanol–water partition coefficient (Wildman–Crippen LogP) is 5.46. The average molecular weight is 417 g/mol. The van der Waals surface area contributed by atoms with Crippen LogP contribution in [-0.2, 0) is 6.54 Å². The van der Waals surface area contributed by atoms with Crippen LogP contribution in [0.5, 0.6) is 0 Å². The van der Waals surface area contributed by atoms with Gasteiger partial charge >= 0.3 is 0 Å². The third-order valence-corrected chi connectivity index (χ3v) is 6.60. The number of hydrogen-bond acceptors (Lipinski definition) is 6. The number of hydrogen-bond donors (Lipinski definition) is 0. The van der Waals surface area contributed by atoms with Crippen molar-refractivity contribution in [2.24, 2.45) is 0 Å². The summed E-state index contributed by atoms with van der Waals surface area (Å²) < 4.78 is 2.05. The van der Waals surface area contributed by atoms with Gasteiger partial charge in [-0.1, -0.05) is 35.6 Å². The lowest BCUT2D eigenvalue weighted by Crippen LogP contribution is -2.30. The van der Waals surface area contributed by atoms with Gasteiger partial charge in [0.1, 0.15) is 0 Å². The molecule has 142 valence electrons. The Labute approximate surface area is 175 Å². The minimum absolute atomic E-state index is 0.160. The Morgan fingerprint density at radius 1 is 0.931 bits per heavy atom. The summed E-state index contributed by atoms with van der Waals surface area (Å²) in [5.74, 6) is -0.160. The number of rotatable bonds is 4. The van der Waals surface area contributed by atoms with E-state index in [-0.39, 0.29) is 5.91 Å². The smallest absolute Gasteiger partial charge is 0.276 e. The molecular formula is C22H16N4OS2. The molecule has 7 heteroatoms. The molecule has 0 saturated heterocycles. The number of fused-ring (bicyclic) bond motifs is 2. The molecule has 0 aliphatic heterocycles. The molecule has 5 nitrogen and oxygen atoms in total. The average Bonchev–Trinajstić information content (AvgIpc) is 3.36. The van der Waals surface area contributed by atoms with Crippen molar-refractivity contribution in [1.29, 1.82) is 0 Å². The normalized spacial score (nSPS) is 11.2. The molecule has 0 bridgehead atoms. The highest BCUT2D eigenvalue weighted by Gasteiger charge is 2.25. The van der Waals surface area contributed by atoms with Crippen LogP contribution in [0.3, 0.4) is 0 Å². The maximum absolute atomic E-state index is 13.5. The van der Waals surface area contributed by atoms with E-state index in [2.05, 4.69) is 23.0 Å². The first kappa shape index (κ1) is 17.9. The number of carbonyl (C=O) groups excluding carboxylic acids is 1. The number of amides is 1. The number of aromatic nitrogens is 3. The van der Waals surface area contributed by atoms with E-state index in [1.54, 1.807) is 11.1 Å². The van der Waals surface area contributed by atoms with Gasteiger partial charge in [0.2, 0.25) is 0 Å². The van der Waals surface area contributed by atoms with Crippen molar-refractivity contribution < 1.29 is 4.79 Å². The SMILES string of the molecule is Cc1ccc2nc(N(Cc3ccccn3)C(=O)c3nc4ccccc4s3)sc2c1. The molecular weight excluding hydrogens is 400 g/mol. The van der Waals surface area contributed by atoms with Gasteiger partial charge in [0.05, 0.1) is 32.7 Å². The minimum atomic E-state index is -0.160. The summed E-state index contributed by atoms with van der Waals surface area (Å²) in [5, 5.41) is 1.11. The Hall–Kier alpha value is -3.16. The Kier molecular flexibility index (Phi) is 4.54. The van der Waals surface area contributed by atoms with Gasteiger partial charge in [0.15, 0.2) is 10.1 Å². The van der Waals surface area contributed by atoms with Gasteiger partial charge in [-0.2, -0.15) is 0 Å². The fraction of sp³-hybridized carbons (Fsp3) is 0.0909. The van der Waals surface area contributed by atoms with Gasteiger partial charge in [-0.25, -0.2) is 9.97 Å². The van der Waals surface area contributed by atoms with Crippen LogP contribution in [0.2, 0.25) is 0 Å². The van der Waals surface area contributed by atoms with Crippen LogP contribution in [0.4, 0.5) is 5.13 Å². The lowest BCUT2D eigenvalue weighted by molar-refractivity contribution is 0.0984. The highest BCUT2D eigenvalue weighted by Crippen LogP contribution is 2.32. The zero-order chi connectivity index (χ0) is 19.8. The van der Waals surface area contributed by atoms with E-state index in [0.717, 1.165) is 26.1 Å². The molecule has 0 fully saturated rings. The summed E-state index contributed by atoms with van der Waals surface area (Å²) in [6.07, 6.45) is 1.73. The Morgan fingerprint density at radius 2 is 1.76 bits per heavy atom. The van der Waals surface area contributed by atoms with Crippen molar-refractivity contribution in [3.05, 3.63) is 83.1 Å². The van der Waals surface area contributed by atoms with Crippen LogP contribution in [-0.4, -0.2) is 20.9 Å². The van der Waals surface area contributed by atoms with E-state index in [9.17, 15) is 4.79 Å². The van der Waals surface area contributed by atoms with E-state index in [0.29, 0.717) is 16.7 Å². The van der Waals surface area contributed by atoms with Crippen LogP contribution in [0.25, 0.3) is 20.4 Å². The summed E-state index contributed by atoms with van der Waals surface area (Å²) in [7, 11) is 0. The van der Waals surface area contributed by atoms with E-state index in [1.807, 2.05) is 54.6 Å². The largest absolute Gasteiger partial charge is 0.289 e. The van der Waals surface area contributed by atoms with Crippen molar-refractivity contribution in [2.75, 3.05) is 4.90 Å². The number of aryl methyl sites for hydroxylation is 1. The van der Waals surface area contributed by atoms with E-state index in [4.69, 9.17) is 4.98 Å². The fourth-order valence-corrected chi connectivity index (χ4v) is 5.07. The van der Waals surface area contributed by atoms with Gasteiger partial charge < -0.3 is 0 Å². The van der Waals surface area contributed by atoms with Gasteiger partial charge in [-0.3, -0.25) is 14.7 Å². The van der Waals surface area contributed by atoms with Gasteiger partial charge in [-0.05, 0) is 48.9 Å². The van der Waals surface area contributed by atoms with E-state index in [1.165, 1.54) is 28.2 Å². The molecule has 0 atom stereocenters. The zero-order valence-corrected chi connectivity index (χ0v) is 17.2. The topological polar surface area (TPSA) is 59.0 Å². The second-order valence-corrected chi connectivity index (χ2v) is 8.71. The number of pyridine rings is 1. The number of anilines is 1. The highest BCUT2D eigenvalue weighted by atomic mass is 32.1. The lowest BCUT2D eigenvalue weighted by atomic mass is 10.2. The van der Waals surface area contributed by atoms with Crippen molar-refractivity contribution in [3.8, 4) is 0 Å². The molecule has 3 aromatic heterocycles. The fourth-order valence-electron chi connectivity index (χ4n) is 3.09. The molecule has 0 aliphatic rings. The van der Waals surface area contributed by atoms with Crippen LogP contribution in [0.15, 0.2) is 66.9 Å². The lowest BCUT2D eigenvalue weighted by Gasteiger charge is -2.18. The third-order valence-electron chi connectivity index (χ3n) is 4.53. The van der Waals surface area contributed by atoms with E-state index >= 15 is 0 Å². The molecule has 1 amide bonds. The molecule has 0 spiro atoms. The molecule has 0 N–H and O–H groups in total. The van der Waals surface area contributed by atoms with Crippen LogP contribution in [0.1, 0.15) is 21.1 Å². The molecule has 0 saturated carbocycles. The Balaban J connectivity index is 1.59. The molecule has 0 aliphatic carbocycles. The third kappa shape index (κ3) is 3.50. The molecule has 0 unspecified atom stereocenters. The molecule has 5 rings (SSSR count). The number of nitrogens with zero attached hydrogens (tertiary/aromatic N) is 4. The number of carbonyl (C=O) groups is 1. The second kappa shape index (κ2) is 7.35. The Bertz CT molecular complexity index is 1290. The van der Waals surface area contributed by atoms with Crippen LogP contribution in [0, 0.1) is 6.92 Å². The summed E-state index contributed by atoms with van der Waals surface area (Å²) in [5.41, 5.74) is 3.69. The first-order valence-electron chi connectivity index (χ1n) is 9.12. The highest BCUT2D eigenvalue weighted by molar-refractivity contribution is 7.23. The summed E-state index contributed by atoms with van der Waals surface area (Å²) in [6, 6.07) is 19.6. The number of thiazole rings is 2. The Morgan fingerprint density at radius 3 is 2.59 bits per heavy atom.